The molecule has 4 rings (SSSR count). The summed E-state index contributed by atoms with van der Waals surface area (Å²) in [4.78, 5) is 36.6. The summed E-state index contributed by atoms with van der Waals surface area (Å²) in [5.41, 5.74) is 2.30. The van der Waals surface area contributed by atoms with Crippen molar-refractivity contribution in [2.45, 2.75) is 25.6 Å². The number of amides is 2. The van der Waals surface area contributed by atoms with Crippen molar-refractivity contribution in [3.8, 4) is 17.0 Å². The minimum Gasteiger partial charge on any atom is -0.497 e. The van der Waals surface area contributed by atoms with E-state index in [0.29, 0.717) is 36.5 Å². The number of nitrogens with zero attached hydrogens (tertiary/aromatic N) is 4. The van der Waals surface area contributed by atoms with Gasteiger partial charge in [-0.3, -0.25) is 14.5 Å². The smallest absolute Gasteiger partial charge is 0.269 e. The van der Waals surface area contributed by atoms with Crippen molar-refractivity contribution >= 4 is 23.4 Å². The molecule has 1 fully saturated rings. The number of hydrogen-bond donors (Lipinski definition) is 2. The topological polar surface area (TPSA) is 108 Å². The molecule has 0 saturated carbocycles. The molecule has 1 aromatic carbocycles. The highest BCUT2D eigenvalue weighted by Crippen LogP contribution is 2.33. The highest BCUT2D eigenvalue weighted by molar-refractivity contribution is 6.29. The molecular weight excluding hydrogens is 513 g/mol. The standard InChI is InChI=1S/C27H29ClFN5O4/c1-16(36)34-13-20(15-35)33(12-17-4-6-21(38-3)7-5-17)14-24(34)19-9-22(31-25(28)10-19)18-8-23(27(37)30-2)32-26(29)11-18/h4-11,20,24,35H,12-15H2,1-3H3,(H,30,37)/t20-,24+/m0/s1. The van der Waals surface area contributed by atoms with Crippen LogP contribution in [0, 0.1) is 5.95 Å². The molecule has 2 aromatic heterocycles. The number of aromatic nitrogens is 2. The molecule has 3 aromatic rings. The zero-order chi connectivity index (χ0) is 27.4. The zero-order valence-corrected chi connectivity index (χ0v) is 22.1. The SMILES string of the molecule is CNC(=O)c1cc(-c2cc([C@H]3CN(Cc4ccc(OC)cc4)[C@H](CO)CN3C(C)=O)cc(Cl)n2)cc(F)n1. The van der Waals surface area contributed by atoms with E-state index in [0.717, 1.165) is 11.3 Å². The van der Waals surface area contributed by atoms with E-state index in [9.17, 15) is 19.1 Å². The summed E-state index contributed by atoms with van der Waals surface area (Å²) in [5.74, 6) is -0.766. The van der Waals surface area contributed by atoms with Crippen LogP contribution in [0.25, 0.3) is 11.3 Å². The quantitative estimate of drug-likeness (QED) is 0.443. The molecule has 0 unspecified atom stereocenters. The lowest BCUT2D eigenvalue weighted by Gasteiger charge is -2.46. The van der Waals surface area contributed by atoms with Crippen molar-refractivity contribution in [1.82, 2.24) is 25.1 Å². The molecule has 1 aliphatic rings. The molecule has 2 N–H and O–H groups in total. The monoisotopic (exact) mass is 541 g/mol. The molecule has 1 aliphatic heterocycles. The average molecular weight is 542 g/mol. The van der Waals surface area contributed by atoms with Crippen LogP contribution in [0.3, 0.4) is 0 Å². The van der Waals surface area contributed by atoms with Crippen molar-refractivity contribution < 1.29 is 23.8 Å². The summed E-state index contributed by atoms with van der Waals surface area (Å²) in [6.45, 7) is 2.65. The Hall–Kier alpha value is -3.60. The van der Waals surface area contributed by atoms with Crippen LogP contribution < -0.4 is 10.1 Å². The Morgan fingerprint density at radius 1 is 1.16 bits per heavy atom. The highest BCUT2D eigenvalue weighted by atomic mass is 35.5. The maximum atomic E-state index is 14.3. The van der Waals surface area contributed by atoms with E-state index in [1.54, 1.807) is 24.1 Å². The molecule has 1 saturated heterocycles. The fourth-order valence-corrected chi connectivity index (χ4v) is 4.87. The van der Waals surface area contributed by atoms with E-state index >= 15 is 0 Å². The second-order valence-electron chi connectivity index (χ2n) is 9.05. The minimum absolute atomic E-state index is 0.0923. The number of piperazine rings is 1. The minimum atomic E-state index is -0.830. The molecule has 0 bridgehead atoms. The first-order chi connectivity index (χ1) is 18.2. The number of pyridine rings is 2. The summed E-state index contributed by atoms with van der Waals surface area (Å²) >= 11 is 6.40. The summed E-state index contributed by atoms with van der Waals surface area (Å²) in [6, 6.07) is 13.0. The van der Waals surface area contributed by atoms with E-state index in [4.69, 9.17) is 16.3 Å². The number of halogens is 2. The van der Waals surface area contributed by atoms with E-state index < -0.39 is 17.9 Å². The van der Waals surface area contributed by atoms with Crippen molar-refractivity contribution in [2.24, 2.45) is 0 Å². The maximum Gasteiger partial charge on any atom is 0.269 e. The van der Waals surface area contributed by atoms with Crippen LogP contribution in [-0.4, -0.2) is 76.6 Å². The first-order valence-corrected chi connectivity index (χ1v) is 12.4. The molecule has 0 radical (unpaired) electrons. The van der Waals surface area contributed by atoms with Crippen LogP contribution in [0.15, 0.2) is 48.5 Å². The van der Waals surface area contributed by atoms with E-state index in [1.807, 2.05) is 24.3 Å². The third-order valence-electron chi connectivity index (χ3n) is 6.62. The first-order valence-electron chi connectivity index (χ1n) is 12.0. The normalized spacial score (nSPS) is 17.8. The van der Waals surface area contributed by atoms with Gasteiger partial charge in [0.2, 0.25) is 11.9 Å². The molecule has 2 amide bonds. The number of carbonyl (C=O) groups is 2. The van der Waals surface area contributed by atoms with Gasteiger partial charge in [-0.05, 0) is 41.5 Å². The van der Waals surface area contributed by atoms with Gasteiger partial charge in [0.1, 0.15) is 16.6 Å². The highest BCUT2D eigenvalue weighted by Gasteiger charge is 2.36. The molecule has 0 spiro atoms. The number of aliphatic hydroxyl groups excluding tert-OH is 1. The largest absolute Gasteiger partial charge is 0.497 e. The van der Waals surface area contributed by atoms with Crippen LogP contribution in [0.1, 0.15) is 34.6 Å². The molecule has 3 heterocycles. The Labute approximate surface area is 225 Å². The molecule has 2 atom stereocenters. The Balaban J connectivity index is 1.70. The van der Waals surface area contributed by atoms with Crippen molar-refractivity contribution in [1.29, 1.82) is 0 Å². The number of nitrogens with one attached hydrogen (secondary N) is 1. The summed E-state index contributed by atoms with van der Waals surface area (Å²) in [7, 11) is 3.04. The molecule has 38 heavy (non-hydrogen) atoms. The Kier molecular flexibility index (Phi) is 8.55. The van der Waals surface area contributed by atoms with Gasteiger partial charge in [0.15, 0.2) is 0 Å². The number of methoxy groups -OCH3 is 1. The Morgan fingerprint density at radius 2 is 1.89 bits per heavy atom. The second kappa shape index (κ2) is 11.8. The van der Waals surface area contributed by atoms with Gasteiger partial charge in [-0.1, -0.05) is 23.7 Å². The lowest BCUT2D eigenvalue weighted by atomic mass is 9.97. The number of aliphatic hydroxyl groups is 1. The number of ether oxygens (including phenoxy) is 1. The maximum absolute atomic E-state index is 14.3. The van der Waals surface area contributed by atoms with Gasteiger partial charge in [-0.15, -0.1) is 0 Å². The number of hydrogen-bond acceptors (Lipinski definition) is 7. The molecule has 9 nitrogen and oxygen atoms in total. The van der Waals surface area contributed by atoms with Crippen LogP contribution in [0.2, 0.25) is 5.15 Å². The fourth-order valence-electron chi connectivity index (χ4n) is 4.65. The number of benzene rings is 1. The molecule has 0 aliphatic carbocycles. The summed E-state index contributed by atoms with van der Waals surface area (Å²) in [5, 5.41) is 12.7. The first kappa shape index (κ1) is 27.4. The fraction of sp³-hybridized carbons (Fsp3) is 0.333. The van der Waals surface area contributed by atoms with Gasteiger partial charge in [-0.25, -0.2) is 9.97 Å². The molecule has 200 valence electrons. The zero-order valence-electron chi connectivity index (χ0n) is 21.3. The van der Waals surface area contributed by atoms with Crippen LogP contribution in [-0.2, 0) is 11.3 Å². The van der Waals surface area contributed by atoms with Crippen LogP contribution >= 0.6 is 11.6 Å². The molecular formula is C27H29ClFN5O4. The van der Waals surface area contributed by atoms with Crippen LogP contribution in [0.5, 0.6) is 5.75 Å². The van der Waals surface area contributed by atoms with Gasteiger partial charge in [0.25, 0.3) is 5.91 Å². The predicted octanol–water partition coefficient (Wildman–Crippen LogP) is 3.07. The Bertz CT molecular complexity index is 1320. The van der Waals surface area contributed by atoms with Crippen molar-refractivity contribution in [3.05, 3.63) is 76.5 Å². The number of carbonyl (C=O) groups excluding carboxylic acids is 2. The van der Waals surface area contributed by atoms with Gasteiger partial charge in [-0.2, -0.15) is 4.39 Å². The van der Waals surface area contributed by atoms with E-state index in [-0.39, 0.29) is 29.4 Å². The second-order valence-corrected chi connectivity index (χ2v) is 9.44. The third-order valence-corrected chi connectivity index (χ3v) is 6.81. The Morgan fingerprint density at radius 3 is 2.53 bits per heavy atom. The van der Waals surface area contributed by atoms with E-state index in [1.165, 1.54) is 26.1 Å². The van der Waals surface area contributed by atoms with Gasteiger partial charge < -0.3 is 20.1 Å². The lowest BCUT2D eigenvalue weighted by molar-refractivity contribution is -0.136. The summed E-state index contributed by atoms with van der Waals surface area (Å²) < 4.78 is 19.5. The van der Waals surface area contributed by atoms with Gasteiger partial charge >= 0.3 is 0 Å². The summed E-state index contributed by atoms with van der Waals surface area (Å²) in [6.07, 6.45) is 0. The van der Waals surface area contributed by atoms with E-state index in [2.05, 4.69) is 20.2 Å². The van der Waals surface area contributed by atoms with Gasteiger partial charge in [0.05, 0.1) is 31.5 Å². The van der Waals surface area contributed by atoms with Crippen molar-refractivity contribution in [3.63, 3.8) is 0 Å². The predicted molar refractivity (Wildman–Crippen MR) is 140 cm³/mol. The lowest BCUT2D eigenvalue weighted by Crippen LogP contribution is -2.56. The van der Waals surface area contributed by atoms with Crippen molar-refractivity contribution in [2.75, 3.05) is 33.9 Å². The number of rotatable bonds is 7. The van der Waals surface area contributed by atoms with Crippen LogP contribution in [0.4, 0.5) is 4.39 Å². The van der Waals surface area contributed by atoms with Gasteiger partial charge in [0, 0.05) is 45.2 Å². The average Bonchev–Trinajstić information content (AvgIpc) is 2.92. The third kappa shape index (κ3) is 6.09. The molecule has 11 heteroatoms.